The molecule has 0 aliphatic heterocycles. The Morgan fingerprint density at radius 3 is 2.85 bits per heavy atom. The van der Waals surface area contributed by atoms with Crippen molar-refractivity contribution in [2.45, 2.75) is 39.7 Å². The van der Waals surface area contributed by atoms with Crippen molar-refractivity contribution in [3.05, 3.63) is 28.6 Å². The normalized spacial score (nSPS) is 12.9. The van der Waals surface area contributed by atoms with E-state index >= 15 is 0 Å². The van der Waals surface area contributed by atoms with Gasteiger partial charge in [-0.15, -0.1) is 0 Å². The van der Waals surface area contributed by atoms with Crippen LogP contribution in [0, 0.1) is 5.41 Å². The summed E-state index contributed by atoms with van der Waals surface area (Å²) in [6.07, 6.45) is 3.52. The number of unbranched alkanes of at least 4 members (excludes halogenated alkanes) is 1. The highest BCUT2D eigenvalue weighted by Crippen LogP contribution is 2.20. The fourth-order valence-corrected chi connectivity index (χ4v) is 3.90. The van der Waals surface area contributed by atoms with E-state index in [1.807, 2.05) is 11.5 Å². The van der Waals surface area contributed by atoms with Crippen molar-refractivity contribution in [3.63, 3.8) is 0 Å². The van der Waals surface area contributed by atoms with Gasteiger partial charge in [0.15, 0.2) is 4.80 Å². The van der Waals surface area contributed by atoms with Crippen LogP contribution in [0.4, 0.5) is 0 Å². The molecule has 3 nitrogen and oxygen atoms in total. The molecule has 1 aromatic carbocycles. The van der Waals surface area contributed by atoms with E-state index in [2.05, 4.69) is 25.1 Å². The number of hydrogen-bond donors (Lipinski definition) is 1. The Morgan fingerprint density at radius 2 is 2.15 bits per heavy atom. The number of aromatic nitrogens is 1. The maximum Gasteiger partial charge on any atom is 0.182 e. The van der Waals surface area contributed by atoms with Crippen molar-refractivity contribution >= 4 is 32.4 Å². The van der Waals surface area contributed by atoms with Crippen LogP contribution in [0.25, 0.3) is 10.2 Å². The Morgan fingerprint density at radius 1 is 1.35 bits per heavy atom. The zero-order chi connectivity index (χ0) is 14.5. The molecule has 1 aromatic heterocycles. The van der Waals surface area contributed by atoms with E-state index < -0.39 is 10.8 Å². The first kappa shape index (κ1) is 15.4. The molecule has 0 radical (unpaired) electrons. The van der Waals surface area contributed by atoms with Gasteiger partial charge < -0.3 is 4.57 Å². The van der Waals surface area contributed by atoms with Crippen LogP contribution in [-0.4, -0.2) is 20.3 Å². The Kier molecular flexibility index (Phi) is 5.54. The molecule has 0 amide bonds. The van der Waals surface area contributed by atoms with E-state index in [0.29, 0.717) is 22.9 Å². The molecule has 0 bridgehead atoms. The zero-order valence-corrected chi connectivity index (χ0v) is 13.8. The van der Waals surface area contributed by atoms with Gasteiger partial charge in [0.25, 0.3) is 0 Å². The van der Waals surface area contributed by atoms with Gasteiger partial charge in [0.1, 0.15) is 0 Å². The molecule has 0 fully saturated rings. The number of hydrogen-bond acceptors (Lipinski definition) is 3. The van der Waals surface area contributed by atoms with Gasteiger partial charge in [-0.05, 0) is 30.5 Å². The number of aryl methyl sites for hydroxylation is 2. The summed E-state index contributed by atoms with van der Waals surface area (Å²) in [6.45, 7) is 4.81. The minimum atomic E-state index is -0.771. The average molecular weight is 310 g/mol. The van der Waals surface area contributed by atoms with Crippen molar-refractivity contribution in [1.82, 2.24) is 4.57 Å². The number of benzene rings is 1. The van der Waals surface area contributed by atoms with Gasteiger partial charge >= 0.3 is 0 Å². The van der Waals surface area contributed by atoms with Crippen LogP contribution in [0.3, 0.4) is 0 Å². The van der Waals surface area contributed by atoms with E-state index in [-0.39, 0.29) is 0 Å². The second-order valence-electron chi connectivity index (χ2n) is 4.90. The molecule has 20 heavy (non-hydrogen) atoms. The van der Waals surface area contributed by atoms with Gasteiger partial charge in [-0.2, -0.15) is 0 Å². The van der Waals surface area contributed by atoms with Crippen LogP contribution in [0.5, 0.6) is 0 Å². The monoisotopic (exact) mass is 310 g/mol. The quantitative estimate of drug-likeness (QED) is 0.838. The average Bonchev–Trinajstić information content (AvgIpc) is 2.77. The van der Waals surface area contributed by atoms with E-state index in [0.717, 1.165) is 11.9 Å². The van der Waals surface area contributed by atoms with Crippen molar-refractivity contribution < 1.29 is 4.21 Å². The molecule has 1 heterocycles. The van der Waals surface area contributed by atoms with Crippen molar-refractivity contribution in [3.8, 4) is 0 Å². The molecule has 1 atom stereocenters. The standard InChI is InChI=1S/C15H22N2OS2/c1-3-5-6-12-7-8-13-14(11-12)19-15(16)17(13)9-10-20(18)4-2/h7-8,11,16H,3-6,9-10H2,1-2H3. The third kappa shape index (κ3) is 3.58. The highest BCUT2D eigenvalue weighted by molar-refractivity contribution is 7.84. The van der Waals surface area contributed by atoms with Gasteiger partial charge in [0, 0.05) is 28.9 Å². The number of thiazole rings is 1. The first-order valence-electron chi connectivity index (χ1n) is 7.17. The summed E-state index contributed by atoms with van der Waals surface area (Å²) in [5, 5.41) is 8.09. The van der Waals surface area contributed by atoms with Crippen LogP contribution in [0.2, 0.25) is 0 Å². The molecule has 1 N–H and O–H groups in total. The van der Waals surface area contributed by atoms with Gasteiger partial charge in [0.05, 0.1) is 10.2 Å². The van der Waals surface area contributed by atoms with Crippen LogP contribution in [0.1, 0.15) is 32.3 Å². The topological polar surface area (TPSA) is 45.9 Å². The largest absolute Gasteiger partial charge is 0.316 e. The van der Waals surface area contributed by atoms with Crippen LogP contribution in [0.15, 0.2) is 18.2 Å². The van der Waals surface area contributed by atoms with Crippen molar-refractivity contribution in [2.24, 2.45) is 0 Å². The first-order chi connectivity index (χ1) is 9.65. The summed E-state index contributed by atoms with van der Waals surface area (Å²) in [7, 11) is -0.771. The molecule has 2 aromatic rings. The zero-order valence-electron chi connectivity index (χ0n) is 12.1. The molecule has 2 rings (SSSR count). The Balaban J connectivity index is 2.25. The summed E-state index contributed by atoms with van der Waals surface area (Å²) in [6, 6.07) is 6.49. The second-order valence-corrected chi connectivity index (χ2v) is 7.79. The van der Waals surface area contributed by atoms with Crippen molar-refractivity contribution in [1.29, 1.82) is 5.41 Å². The van der Waals surface area contributed by atoms with Gasteiger partial charge in [-0.1, -0.05) is 37.7 Å². The number of nitrogens with one attached hydrogen (secondary N) is 1. The molecule has 0 saturated carbocycles. The second kappa shape index (κ2) is 7.18. The summed E-state index contributed by atoms with van der Waals surface area (Å²) in [4.78, 5) is 0.556. The lowest BCUT2D eigenvalue weighted by molar-refractivity contribution is 0.674. The molecule has 0 saturated heterocycles. The third-order valence-electron chi connectivity index (χ3n) is 3.45. The van der Waals surface area contributed by atoms with Gasteiger partial charge in [-0.3, -0.25) is 9.62 Å². The van der Waals surface area contributed by atoms with Gasteiger partial charge in [-0.25, -0.2) is 0 Å². The molecule has 110 valence electrons. The fraction of sp³-hybridized carbons (Fsp3) is 0.533. The Bertz CT molecular complexity index is 657. The minimum Gasteiger partial charge on any atom is -0.316 e. The number of fused-ring (bicyclic) bond motifs is 1. The summed E-state index contributed by atoms with van der Waals surface area (Å²) in [5.74, 6) is 1.33. The van der Waals surface area contributed by atoms with Crippen LogP contribution < -0.4 is 4.80 Å². The molecule has 0 aliphatic rings. The maximum absolute atomic E-state index is 11.6. The van der Waals surface area contributed by atoms with E-state index in [1.54, 1.807) is 0 Å². The number of rotatable bonds is 7. The molecule has 0 spiro atoms. The Labute approximate surface area is 126 Å². The summed E-state index contributed by atoms with van der Waals surface area (Å²) >= 11 is 1.52. The first-order valence-corrected chi connectivity index (χ1v) is 9.48. The van der Waals surface area contributed by atoms with E-state index in [1.165, 1.54) is 34.4 Å². The lowest BCUT2D eigenvalue weighted by Gasteiger charge is -2.05. The predicted molar refractivity (Wildman–Crippen MR) is 87.8 cm³/mol. The number of nitrogens with zero attached hydrogens (tertiary/aromatic N) is 1. The SMILES string of the molecule is CCCCc1ccc2c(c1)sc(=N)n2CCS(=O)CC. The lowest BCUT2D eigenvalue weighted by Crippen LogP contribution is -2.17. The maximum atomic E-state index is 11.6. The molecule has 1 unspecified atom stereocenters. The Hall–Kier alpha value is -0.940. The van der Waals surface area contributed by atoms with Gasteiger partial charge in [0.2, 0.25) is 0 Å². The fourth-order valence-electron chi connectivity index (χ4n) is 2.23. The van der Waals surface area contributed by atoms with Crippen LogP contribution >= 0.6 is 11.3 Å². The third-order valence-corrected chi connectivity index (χ3v) is 5.69. The van der Waals surface area contributed by atoms with E-state index in [9.17, 15) is 4.21 Å². The predicted octanol–water partition coefficient (Wildman–Crippen LogP) is 3.29. The molecule has 0 aliphatic carbocycles. The summed E-state index contributed by atoms with van der Waals surface area (Å²) < 4.78 is 14.7. The minimum absolute atomic E-state index is 0.556. The molecule has 5 heteroatoms. The highest BCUT2D eigenvalue weighted by atomic mass is 32.2. The van der Waals surface area contributed by atoms with E-state index in [4.69, 9.17) is 5.41 Å². The van der Waals surface area contributed by atoms with Crippen LogP contribution in [-0.2, 0) is 23.8 Å². The summed E-state index contributed by atoms with van der Waals surface area (Å²) in [5.41, 5.74) is 2.46. The molecular formula is C15H22N2OS2. The van der Waals surface area contributed by atoms with Crippen molar-refractivity contribution in [2.75, 3.05) is 11.5 Å². The molecular weight excluding hydrogens is 288 g/mol. The lowest BCUT2D eigenvalue weighted by atomic mass is 10.1. The smallest absolute Gasteiger partial charge is 0.182 e. The highest BCUT2D eigenvalue weighted by Gasteiger charge is 2.07.